The van der Waals surface area contributed by atoms with Crippen LogP contribution in [-0.2, 0) is 25.8 Å². The molecule has 1 aromatic carbocycles. The summed E-state index contributed by atoms with van der Waals surface area (Å²) in [6.45, 7) is 6.06. The van der Waals surface area contributed by atoms with Gasteiger partial charge in [-0.25, -0.2) is 9.37 Å². The van der Waals surface area contributed by atoms with Gasteiger partial charge in [0.25, 0.3) is 5.56 Å². The Morgan fingerprint density at radius 2 is 1.97 bits per heavy atom. The smallest absolute Gasteiger partial charge is 0.257 e. The maximum Gasteiger partial charge on any atom is 0.257 e. The highest BCUT2D eigenvalue weighted by atomic mass is 19.1. The molecule has 0 bridgehead atoms. The first-order chi connectivity index (χ1) is 14.5. The second kappa shape index (κ2) is 8.91. The summed E-state index contributed by atoms with van der Waals surface area (Å²) in [4.78, 5) is 17.7. The molecule has 7 nitrogen and oxygen atoms in total. The van der Waals surface area contributed by atoms with Crippen LogP contribution in [0.3, 0.4) is 0 Å². The molecule has 0 saturated heterocycles. The third-order valence-corrected chi connectivity index (χ3v) is 4.99. The first-order valence-corrected chi connectivity index (χ1v) is 9.82. The Morgan fingerprint density at radius 3 is 2.57 bits per heavy atom. The molecule has 3 rings (SSSR count). The third-order valence-electron chi connectivity index (χ3n) is 4.99. The maximum atomic E-state index is 13.9. The minimum atomic E-state index is -0.633. The van der Waals surface area contributed by atoms with Crippen molar-refractivity contribution in [3.63, 3.8) is 0 Å². The first kappa shape index (κ1) is 21.2. The molecule has 0 atom stereocenters. The Balaban J connectivity index is 2.04. The second-order valence-corrected chi connectivity index (χ2v) is 6.73. The van der Waals surface area contributed by atoms with Gasteiger partial charge in [0.05, 0.1) is 24.9 Å². The molecule has 0 aliphatic heterocycles. The van der Waals surface area contributed by atoms with Gasteiger partial charge in [0.2, 0.25) is 0 Å². The molecule has 0 saturated carbocycles. The standard InChI is InChI=1S/C22H23FN4O3/c1-5-15-18(6-2)25-21(7-3)27(22(15)28)12-14-9-19(30-26-14)16-10-20(29-4)17(23)8-13(16)11-24/h8-10H,5-7,12H2,1-4H3. The predicted octanol–water partition coefficient (Wildman–Crippen LogP) is 3.65. The van der Waals surface area contributed by atoms with E-state index in [1.807, 2.05) is 26.8 Å². The number of ether oxygens (including phenoxy) is 1. The Bertz CT molecular complexity index is 1170. The van der Waals surface area contributed by atoms with Gasteiger partial charge in [-0.1, -0.05) is 25.9 Å². The van der Waals surface area contributed by atoms with Crippen LogP contribution >= 0.6 is 0 Å². The van der Waals surface area contributed by atoms with Crippen LogP contribution in [0.15, 0.2) is 27.5 Å². The maximum absolute atomic E-state index is 13.9. The lowest BCUT2D eigenvalue weighted by Crippen LogP contribution is -2.30. The van der Waals surface area contributed by atoms with E-state index >= 15 is 0 Å². The molecule has 0 amide bonds. The summed E-state index contributed by atoms with van der Waals surface area (Å²) in [5.74, 6) is 0.337. The monoisotopic (exact) mass is 410 g/mol. The molecule has 0 aliphatic carbocycles. The van der Waals surface area contributed by atoms with Crippen molar-refractivity contribution in [2.75, 3.05) is 7.11 Å². The fraction of sp³-hybridized carbons (Fsp3) is 0.364. The number of hydrogen-bond acceptors (Lipinski definition) is 6. The van der Waals surface area contributed by atoms with Crippen molar-refractivity contribution in [1.82, 2.24) is 14.7 Å². The molecule has 2 aromatic heterocycles. The number of benzene rings is 1. The van der Waals surface area contributed by atoms with Crippen molar-refractivity contribution >= 4 is 0 Å². The van der Waals surface area contributed by atoms with Gasteiger partial charge >= 0.3 is 0 Å². The largest absolute Gasteiger partial charge is 0.494 e. The van der Waals surface area contributed by atoms with Crippen LogP contribution in [-0.4, -0.2) is 21.8 Å². The van der Waals surface area contributed by atoms with Crippen LogP contribution in [0.1, 0.15) is 49.1 Å². The van der Waals surface area contributed by atoms with Crippen molar-refractivity contribution in [1.29, 1.82) is 5.26 Å². The van der Waals surface area contributed by atoms with E-state index in [1.54, 1.807) is 10.6 Å². The SMILES string of the molecule is CCc1nc(CC)n(Cc2cc(-c3cc(OC)c(F)cc3C#N)on2)c(=O)c1CC. The molecular weight excluding hydrogens is 387 g/mol. The third kappa shape index (κ3) is 3.83. The molecule has 0 fully saturated rings. The fourth-order valence-electron chi connectivity index (χ4n) is 3.45. The zero-order chi connectivity index (χ0) is 21.8. The van der Waals surface area contributed by atoms with E-state index in [9.17, 15) is 14.4 Å². The summed E-state index contributed by atoms with van der Waals surface area (Å²) in [6, 6.07) is 6.08. The topological polar surface area (TPSA) is 93.9 Å². The van der Waals surface area contributed by atoms with Crippen molar-refractivity contribution in [3.05, 3.63) is 62.7 Å². The van der Waals surface area contributed by atoms with Crippen LogP contribution in [0, 0.1) is 17.1 Å². The summed E-state index contributed by atoms with van der Waals surface area (Å²) in [5, 5.41) is 13.4. The fourth-order valence-corrected chi connectivity index (χ4v) is 3.45. The normalized spacial score (nSPS) is 10.8. The van der Waals surface area contributed by atoms with E-state index in [0.717, 1.165) is 11.8 Å². The average molecular weight is 410 g/mol. The van der Waals surface area contributed by atoms with Gasteiger partial charge in [-0.05, 0) is 25.0 Å². The van der Waals surface area contributed by atoms with Gasteiger partial charge in [0.15, 0.2) is 17.3 Å². The predicted molar refractivity (Wildman–Crippen MR) is 109 cm³/mol. The van der Waals surface area contributed by atoms with E-state index in [-0.39, 0.29) is 23.4 Å². The summed E-state index contributed by atoms with van der Waals surface area (Å²) in [5.41, 5.74) is 2.42. The Kier molecular flexibility index (Phi) is 6.31. The van der Waals surface area contributed by atoms with Crippen molar-refractivity contribution < 1.29 is 13.7 Å². The molecule has 0 unspecified atom stereocenters. The number of hydrogen-bond donors (Lipinski definition) is 0. The zero-order valence-corrected chi connectivity index (χ0v) is 17.5. The lowest BCUT2D eigenvalue weighted by molar-refractivity contribution is 0.385. The number of rotatable bonds is 7. The Hall–Kier alpha value is -3.47. The highest BCUT2D eigenvalue weighted by Gasteiger charge is 2.18. The lowest BCUT2D eigenvalue weighted by atomic mass is 10.0. The molecule has 3 aromatic rings. The minimum Gasteiger partial charge on any atom is -0.494 e. The molecule has 0 radical (unpaired) electrons. The van der Waals surface area contributed by atoms with Crippen LogP contribution in [0.2, 0.25) is 0 Å². The number of aromatic nitrogens is 3. The van der Waals surface area contributed by atoms with E-state index in [2.05, 4.69) is 10.1 Å². The number of aryl methyl sites for hydroxylation is 2. The summed E-state index contributed by atoms with van der Waals surface area (Å²) in [6.07, 6.45) is 1.90. The summed E-state index contributed by atoms with van der Waals surface area (Å²) in [7, 11) is 1.34. The minimum absolute atomic E-state index is 0.00150. The molecule has 30 heavy (non-hydrogen) atoms. The molecular formula is C22H23FN4O3. The Morgan fingerprint density at radius 1 is 1.20 bits per heavy atom. The number of nitrogens with zero attached hydrogens (tertiary/aromatic N) is 4. The average Bonchev–Trinajstić information content (AvgIpc) is 3.22. The van der Waals surface area contributed by atoms with Gasteiger partial charge < -0.3 is 9.26 Å². The van der Waals surface area contributed by atoms with Gasteiger partial charge in [-0.3, -0.25) is 9.36 Å². The van der Waals surface area contributed by atoms with E-state index in [4.69, 9.17) is 9.26 Å². The zero-order valence-electron chi connectivity index (χ0n) is 17.5. The first-order valence-electron chi connectivity index (χ1n) is 9.82. The van der Waals surface area contributed by atoms with Crippen molar-refractivity contribution in [3.8, 4) is 23.1 Å². The molecule has 0 aliphatic rings. The van der Waals surface area contributed by atoms with Crippen LogP contribution < -0.4 is 10.3 Å². The van der Waals surface area contributed by atoms with Crippen LogP contribution in [0.5, 0.6) is 5.75 Å². The van der Waals surface area contributed by atoms with Crippen molar-refractivity contribution in [2.45, 2.75) is 46.6 Å². The van der Waals surface area contributed by atoms with E-state index in [1.165, 1.54) is 13.2 Å². The lowest BCUT2D eigenvalue weighted by Gasteiger charge is -2.14. The van der Waals surface area contributed by atoms with E-state index in [0.29, 0.717) is 47.7 Å². The second-order valence-electron chi connectivity index (χ2n) is 6.73. The van der Waals surface area contributed by atoms with Crippen LogP contribution in [0.4, 0.5) is 4.39 Å². The van der Waals surface area contributed by atoms with Crippen molar-refractivity contribution in [2.24, 2.45) is 0 Å². The van der Waals surface area contributed by atoms with Gasteiger partial charge in [0.1, 0.15) is 17.6 Å². The quantitative estimate of drug-likeness (QED) is 0.590. The van der Waals surface area contributed by atoms with Gasteiger partial charge in [-0.15, -0.1) is 0 Å². The van der Waals surface area contributed by atoms with E-state index < -0.39 is 5.82 Å². The number of nitriles is 1. The highest BCUT2D eigenvalue weighted by Crippen LogP contribution is 2.30. The van der Waals surface area contributed by atoms with Gasteiger partial charge in [0, 0.05) is 23.6 Å². The number of halogens is 1. The van der Waals surface area contributed by atoms with Crippen LogP contribution in [0.25, 0.3) is 11.3 Å². The number of methoxy groups -OCH3 is 1. The molecule has 0 N–H and O–H groups in total. The molecule has 8 heteroatoms. The molecule has 0 spiro atoms. The molecule has 156 valence electrons. The Labute approximate surface area is 173 Å². The summed E-state index contributed by atoms with van der Waals surface area (Å²) >= 11 is 0. The van der Waals surface area contributed by atoms with Gasteiger partial charge in [-0.2, -0.15) is 5.26 Å². The highest BCUT2D eigenvalue weighted by molar-refractivity contribution is 5.68. The molecule has 2 heterocycles. The summed E-state index contributed by atoms with van der Waals surface area (Å²) < 4.78 is 25.9.